The molecule has 0 atom stereocenters. The topological polar surface area (TPSA) is 68.8 Å². The molecule has 0 aliphatic rings. The number of methoxy groups -OCH3 is 1. The van der Waals surface area contributed by atoms with E-state index in [1.165, 1.54) is 0 Å². The molecule has 0 radical (unpaired) electrons. The Hall–Kier alpha value is -2.69. The molecular formula is C16H12ClN3O. The van der Waals surface area contributed by atoms with Crippen molar-refractivity contribution in [1.29, 1.82) is 10.5 Å². The minimum atomic E-state index is 0.348. The van der Waals surface area contributed by atoms with Crippen LogP contribution in [0.2, 0.25) is 5.02 Å². The molecule has 0 fully saturated rings. The first-order valence-corrected chi connectivity index (χ1v) is 6.56. The molecule has 21 heavy (non-hydrogen) atoms. The van der Waals surface area contributed by atoms with E-state index in [-0.39, 0.29) is 0 Å². The number of anilines is 1. The summed E-state index contributed by atoms with van der Waals surface area (Å²) in [6.45, 7) is 0.500. The lowest BCUT2D eigenvalue weighted by atomic mass is 10.1. The smallest absolute Gasteiger partial charge is 0.123 e. The highest BCUT2D eigenvalue weighted by Gasteiger charge is 2.06. The molecule has 1 N–H and O–H groups in total. The SMILES string of the molecule is COc1ccc(Cl)cc1CNc1ccc(C#N)c(C#N)c1. The zero-order valence-corrected chi connectivity index (χ0v) is 12.1. The largest absolute Gasteiger partial charge is 0.496 e. The van der Waals surface area contributed by atoms with E-state index >= 15 is 0 Å². The van der Waals surface area contributed by atoms with Crippen molar-refractivity contribution in [1.82, 2.24) is 0 Å². The number of ether oxygens (including phenoxy) is 1. The second-order valence-corrected chi connectivity index (χ2v) is 4.73. The molecule has 2 aromatic carbocycles. The Morgan fingerprint density at radius 3 is 2.52 bits per heavy atom. The van der Waals surface area contributed by atoms with E-state index in [0.717, 1.165) is 17.0 Å². The normalized spacial score (nSPS) is 9.52. The molecule has 0 aromatic heterocycles. The summed E-state index contributed by atoms with van der Waals surface area (Å²) < 4.78 is 5.28. The van der Waals surface area contributed by atoms with Crippen LogP contribution in [0.4, 0.5) is 5.69 Å². The van der Waals surface area contributed by atoms with Crippen LogP contribution in [0.5, 0.6) is 5.75 Å². The van der Waals surface area contributed by atoms with Crippen LogP contribution in [-0.2, 0) is 6.54 Å². The molecule has 0 aliphatic carbocycles. The fraction of sp³-hybridized carbons (Fsp3) is 0.125. The molecule has 0 unspecified atom stereocenters. The van der Waals surface area contributed by atoms with Gasteiger partial charge in [-0.2, -0.15) is 10.5 Å². The van der Waals surface area contributed by atoms with Crippen LogP contribution in [0.3, 0.4) is 0 Å². The quantitative estimate of drug-likeness (QED) is 0.934. The van der Waals surface area contributed by atoms with Gasteiger partial charge in [0, 0.05) is 22.8 Å². The third kappa shape index (κ3) is 3.45. The molecule has 104 valence electrons. The first-order chi connectivity index (χ1) is 10.2. The number of hydrogen-bond donors (Lipinski definition) is 1. The predicted molar refractivity (Wildman–Crippen MR) is 81.2 cm³/mol. The Kier molecular flexibility index (Phi) is 4.66. The van der Waals surface area contributed by atoms with Gasteiger partial charge in [-0.25, -0.2) is 0 Å². The fourth-order valence-corrected chi connectivity index (χ4v) is 2.12. The highest BCUT2D eigenvalue weighted by atomic mass is 35.5. The lowest BCUT2D eigenvalue weighted by molar-refractivity contribution is 0.410. The van der Waals surface area contributed by atoms with Crippen molar-refractivity contribution in [3.8, 4) is 17.9 Å². The van der Waals surface area contributed by atoms with Crippen LogP contribution >= 0.6 is 11.6 Å². The summed E-state index contributed by atoms with van der Waals surface area (Å²) in [5, 5.41) is 21.7. The molecule has 0 saturated heterocycles. The van der Waals surface area contributed by atoms with Gasteiger partial charge in [-0.1, -0.05) is 11.6 Å². The molecule has 4 nitrogen and oxygen atoms in total. The Morgan fingerprint density at radius 2 is 1.86 bits per heavy atom. The zero-order valence-electron chi connectivity index (χ0n) is 11.4. The van der Waals surface area contributed by atoms with E-state index in [1.54, 1.807) is 37.4 Å². The van der Waals surface area contributed by atoms with Crippen molar-refractivity contribution < 1.29 is 4.74 Å². The minimum absolute atomic E-state index is 0.348. The Bertz CT molecular complexity index is 744. The molecule has 0 saturated carbocycles. The van der Waals surface area contributed by atoms with Crippen molar-refractivity contribution in [2.45, 2.75) is 6.54 Å². The van der Waals surface area contributed by atoms with E-state index in [4.69, 9.17) is 26.9 Å². The van der Waals surface area contributed by atoms with Gasteiger partial charge in [-0.3, -0.25) is 0 Å². The molecule has 2 aromatic rings. The summed E-state index contributed by atoms with van der Waals surface area (Å²) in [4.78, 5) is 0. The summed E-state index contributed by atoms with van der Waals surface area (Å²) >= 11 is 5.98. The number of halogens is 1. The summed E-state index contributed by atoms with van der Waals surface area (Å²) in [7, 11) is 1.60. The van der Waals surface area contributed by atoms with Gasteiger partial charge in [0.25, 0.3) is 0 Å². The second-order valence-electron chi connectivity index (χ2n) is 4.29. The number of nitriles is 2. The average molecular weight is 298 g/mol. The third-order valence-corrected chi connectivity index (χ3v) is 3.22. The monoisotopic (exact) mass is 297 g/mol. The standard InChI is InChI=1S/C16H12ClN3O/c1-21-16-5-3-14(17)6-13(16)10-20-15-4-2-11(8-18)12(7-15)9-19/h2-7,20H,10H2,1H3. The second kappa shape index (κ2) is 6.65. The van der Waals surface area contributed by atoms with Crippen LogP contribution in [-0.4, -0.2) is 7.11 Å². The van der Waals surface area contributed by atoms with E-state index in [9.17, 15) is 0 Å². The van der Waals surface area contributed by atoms with Crippen LogP contribution in [0.15, 0.2) is 36.4 Å². The van der Waals surface area contributed by atoms with Gasteiger partial charge in [-0.15, -0.1) is 0 Å². The highest BCUT2D eigenvalue weighted by Crippen LogP contribution is 2.24. The summed E-state index contributed by atoms with van der Waals surface area (Å²) in [5.41, 5.74) is 2.38. The van der Waals surface area contributed by atoms with Gasteiger partial charge < -0.3 is 10.1 Å². The Morgan fingerprint density at radius 1 is 1.10 bits per heavy atom. The van der Waals surface area contributed by atoms with Crippen molar-refractivity contribution in [2.24, 2.45) is 0 Å². The maximum absolute atomic E-state index is 9.01. The molecular weight excluding hydrogens is 286 g/mol. The summed E-state index contributed by atoms with van der Waals surface area (Å²) in [5.74, 6) is 0.737. The number of rotatable bonds is 4. The average Bonchev–Trinajstić information content (AvgIpc) is 2.52. The van der Waals surface area contributed by atoms with E-state index in [1.807, 2.05) is 18.2 Å². The third-order valence-electron chi connectivity index (χ3n) is 2.99. The Balaban J connectivity index is 2.19. The molecule has 0 spiro atoms. The van der Waals surface area contributed by atoms with Gasteiger partial charge in [0.05, 0.1) is 18.2 Å². The Labute approximate surface area is 128 Å². The predicted octanol–water partition coefficient (Wildman–Crippen LogP) is 3.70. The maximum atomic E-state index is 9.01. The van der Waals surface area contributed by atoms with Crippen molar-refractivity contribution in [3.05, 3.63) is 58.1 Å². The van der Waals surface area contributed by atoms with E-state index in [0.29, 0.717) is 22.7 Å². The highest BCUT2D eigenvalue weighted by molar-refractivity contribution is 6.30. The first kappa shape index (κ1) is 14.7. The van der Waals surface area contributed by atoms with E-state index in [2.05, 4.69) is 5.32 Å². The maximum Gasteiger partial charge on any atom is 0.123 e. The summed E-state index contributed by atoms with van der Waals surface area (Å²) in [6.07, 6.45) is 0. The van der Waals surface area contributed by atoms with Gasteiger partial charge in [0.1, 0.15) is 17.9 Å². The van der Waals surface area contributed by atoms with Gasteiger partial charge in [0.15, 0.2) is 0 Å². The summed E-state index contributed by atoms with van der Waals surface area (Å²) in [6, 6.07) is 14.4. The van der Waals surface area contributed by atoms with Crippen LogP contribution in [0.1, 0.15) is 16.7 Å². The fourth-order valence-electron chi connectivity index (χ4n) is 1.93. The zero-order chi connectivity index (χ0) is 15.2. The van der Waals surface area contributed by atoms with Crippen LogP contribution in [0, 0.1) is 22.7 Å². The van der Waals surface area contributed by atoms with Crippen molar-refractivity contribution in [3.63, 3.8) is 0 Å². The molecule has 0 aliphatic heterocycles. The molecule has 0 bridgehead atoms. The minimum Gasteiger partial charge on any atom is -0.496 e. The van der Waals surface area contributed by atoms with Crippen molar-refractivity contribution >= 4 is 17.3 Å². The first-order valence-electron chi connectivity index (χ1n) is 6.18. The van der Waals surface area contributed by atoms with Gasteiger partial charge >= 0.3 is 0 Å². The van der Waals surface area contributed by atoms with Gasteiger partial charge in [-0.05, 0) is 36.4 Å². The van der Waals surface area contributed by atoms with Crippen LogP contribution < -0.4 is 10.1 Å². The molecule has 2 rings (SSSR count). The van der Waals surface area contributed by atoms with Gasteiger partial charge in [0.2, 0.25) is 0 Å². The van der Waals surface area contributed by atoms with Crippen LogP contribution in [0.25, 0.3) is 0 Å². The molecule has 0 heterocycles. The van der Waals surface area contributed by atoms with Crippen molar-refractivity contribution in [2.75, 3.05) is 12.4 Å². The number of hydrogen-bond acceptors (Lipinski definition) is 4. The number of nitrogens with zero attached hydrogens (tertiary/aromatic N) is 2. The molecule has 0 amide bonds. The number of benzene rings is 2. The lowest BCUT2D eigenvalue weighted by Gasteiger charge is -2.11. The lowest BCUT2D eigenvalue weighted by Crippen LogP contribution is -2.02. The molecule has 5 heteroatoms. The van der Waals surface area contributed by atoms with E-state index < -0.39 is 0 Å². The number of nitrogens with one attached hydrogen (secondary N) is 1.